The highest BCUT2D eigenvalue weighted by Crippen LogP contribution is 2.26. The fourth-order valence-corrected chi connectivity index (χ4v) is 7.44. The van der Waals surface area contributed by atoms with Crippen molar-refractivity contribution in [3.05, 3.63) is 65.5 Å². The lowest BCUT2D eigenvalue weighted by molar-refractivity contribution is -0.128. The number of aliphatic hydroxyl groups excluding tert-OH is 1. The number of rotatable bonds is 16. The van der Waals surface area contributed by atoms with Crippen LogP contribution in [0.5, 0.6) is 0 Å². The van der Waals surface area contributed by atoms with Gasteiger partial charge in [-0.05, 0) is 61.1 Å². The minimum Gasteiger partial charge on any atom is -0.452 e. The Balaban J connectivity index is 1.57. The van der Waals surface area contributed by atoms with Gasteiger partial charge in [0.2, 0.25) is 5.91 Å². The first-order valence-corrected chi connectivity index (χ1v) is 19.6. The van der Waals surface area contributed by atoms with Crippen LogP contribution in [0.25, 0.3) is 0 Å². The molecule has 4 rings (SSSR count). The third kappa shape index (κ3) is 12.4. The average molecular weight is 750 g/mol. The average Bonchev–Trinajstić information content (AvgIpc) is 3.48. The Morgan fingerprint density at radius 3 is 2.37 bits per heavy atom. The van der Waals surface area contributed by atoms with Crippen molar-refractivity contribution in [2.24, 2.45) is 17.3 Å². The molecule has 1 saturated carbocycles. The van der Waals surface area contributed by atoms with Crippen molar-refractivity contribution in [1.82, 2.24) is 35.4 Å². The van der Waals surface area contributed by atoms with Crippen molar-refractivity contribution < 1.29 is 29.0 Å². The molecule has 54 heavy (non-hydrogen) atoms. The lowest BCUT2D eigenvalue weighted by atomic mass is 9.89. The summed E-state index contributed by atoms with van der Waals surface area (Å²) in [5.41, 5.74) is 5.11. The largest absolute Gasteiger partial charge is 0.452 e. The van der Waals surface area contributed by atoms with Gasteiger partial charge in [0.25, 0.3) is 0 Å². The minimum atomic E-state index is -1.12. The second kappa shape index (κ2) is 19.9. The Morgan fingerprint density at radius 2 is 1.74 bits per heavy atom. The summed E-state index contributed by atoms with van der Waals surface area (Å²) in [4.78, 5) is 63.7. The molecular formula is C41H63N7O6. The predicted molar refractivity (Wildman–Crippen MR) is 208 cm³/mol. The molecule has 1 saturated heterocycles. The number of pyridine rings is 1. The molecule has 298 valence electrons. The number of urea groups is 2. The highest BCUT2D eigenvalue weighted by Gasteiger charge is 2.41. The van der Waals surface area contributed by atoms with Gasteiger partial charge in [0.1, 0.15) is 6.04 Å². The van der Waals surface area contributed by atoms with Crippen LogP contribution in [-0.2, 0) is 22.5 Å². The first kappa shape index (κ1) is 42.5. The van der Waals surface area contributed by atoms with Crippen molar-refractivity contribution in [2.75, 3.05) is 39.8 Å². The Labute approximate surface area is 321 Å². The standard InChI is InChI=1S/C41H63N7O6/c1-8-29(2)36(47-23-22-45(39(47)52)26-33-21-15-16-30(3)42-33)37(50)43-34(24-31-17-11-9-12-18-31)35(49)27-46(25-32-19-13-10-14-20-32)44-38(51)48(40(53)54-7)28-41(4,5)6/h9,11-12,15-18,21,29,32,34-36,49H,8,10,13-14,19-20,22-28H2,1-7H3,(H,43,50)(H,44,51). The number of aryl methyl sites for hydroxylation is 1. The maximum atomic E-state index is 14.4. The van der Waals surface area contributed by atoms with E-state index >= 15 is 0 Å². The number of methoxy groups -OCH3 is 1. The lowest BCUT2D eigenvalue weighted by Crippen LogP contribution is -2.59. The van der Waals surface area contributed by atoms with Crippen molar-refractivity contribution in [1.29, 1.82) is 0 Å². The molecule has 2 aromatic rings. The number of hydrazine groups is 1. The van der Waals surface area contributed by atoms with E-state index in [0.29, 0.717) is 39.0 Å². The van der Waals surface area contributed by atoms with Gasteiger partial charge < -0.3 is 25.0 Å². The molecule has 4 atom stereocenters. The Kier molecular flexibility index (Phi) is 15.7. The van der Waals surface area contributed by atoms with E-state index in [4.69, 9.17) is 4.74 Å². The van der Waals surface area contributed by atoms with Crippen LogP contribution in [0.3, 0.4) is 0 Å². The molecule has 6 amide bonds. The van der Waals surface area contributed by atoms with Crippen LogP contribution in [0.1, 0.15) is 90.1 Å². The number of aromatic nitrogens is 1. The molecule has 1 aromatic heterocycles. The van der Waals surface area contributed by atoms with E-state index in [9.17, 15) is 24.3 Å². The van der Waals surface area contributed by atoms with Gasteiger partial charge in [0.15, 0.2) is 0 Å². The van der Waals surface area contributed by atoms with E-state index in [2.05, 4.69) is 15.7 Å². The van der Waals surface area contributed by atoms with Gasteiger partial charge in [-0.25, -0.2) is 24.3 Å². The molecule has 13 nitrogen and oxygen atoms in total. The Morgan fingerprint density at radius 1 is 1.04 bits per heavy atom. The number of nitrogens with zero attached hydrogens (tertiary/aromatic N) is 5. The quantitative estimate of drug-likeness (QED) is 0.184. The molecule has 4 unspecified atom stereocenters. The first-order chi connectivity index (χ1) is 25.7. The zero-order valence-corrected chi connectivity index (χ0v) is 33.4. The van der Waals surface area contributed by atoms with Crippen LogP contribution in [0.15, 0.2) is 48.5 Å². The monoisotopic (exact) mass is 749 g/mol. The van der Waals surface area contributed by atoms with Crippen LogP contribution < -0.4 is 10.7 Å². The van der Waals surface area contributed by atoms with E-state index in [1.807, 2.05) is 90.1 Å². The third-order valence-corrected chi connectivity index (χ3v) is 10.4. The van der Waals surface area contributed by atoms with Crippen molar-refractivity contribution in [3.8, 4) is 0 Å². The van der Waals surface area contributed by atoms with Gasteiger partial charge in [-0.15, -0.1) is 0 Å². The smallest absolute Gasteiger partial charge is 0.417 e. The van der Waals surface area contributed by atoms with E-state index in [0.717, 1.165) is 54.0 Å². The number of hydrogen-bond acceptors (Lipinski definition) is 8. The van der Waals surface area contributed by atoms with Crippen molar-refractivity contribution in [2.45, 2.75) is 111 Å². The second-order valence-corrected chi connectivity index (χ2v) is 16.3. The predicted octanol–water partition coefficient (Wildman–Crippen LogP) is 5.75. The number of amides is 6. The summed E-state index contributed by atoms with van der Waals surface area (Å²) in [6, 6.07) is 13.0. The third-order valence-electron chi connectivity index (χ3n) is 10.4. The molecule has 1 aromatic carbocycles. The van der Waals surface area contributed by atoms with Gasteiger partial charge in [0, 0.05) is 38.4 Å². The van der Waals surface area contributed by atoms with Crippen molar-refractivity contribution >= 4 is 24.1 Å². The van der Waals surface area contributed by atoms with Crippen LogP contribution >= 0.6 is 0 Å². The highest BCUT2D eigenvalue weighted by molar-refractivity contribution is 5.90. The fourth-order valence-electron chi connectivity index (χ4n) is 7.44. The van der Waals surface area contributed by atoms with Crippen LogP contribution in [0.2, 0.25) is 0 Å². The second-order valence-electron chi connectivity index (χ2n) is 16.3. The van der Waals surface area contributed by atoms with Gasteiger partial charge >= 0.3 is 18.2 Å². The molecular weight excluding hydrogens is 686 g/mol. The summed E-state index contributed by atoms with van der Waals surface area (Å²) in [6.07, 6.45) is 4.42. The number of benzene rings is 1. The number of ether oxygens (including phenoxy) is 1. The molecule has 2 fully saturated rings. The summed E-state index contributed by atoms with van der Waals surface area (Å²) >= 11 is 0. The van der Waals surface area contributed by atoms with Gasteiger partial charge in [-0.3, -0.25) is 15.2 Å². The lowest BCUT2D eigenvalue weighted by Gasteiger charge is -2.36. The summed E-state index contributed by atoms with van der Waals surface area (Å²) in [7, 11) is 1.24. The number of carbonyl (C=O) groups is 4. The molecule has 0 bridgehead atoms. The van der Waals surface area contributed by atoms with Gasteiger partial charge in [-0.1, -0.05) is 96.7 Å². The maximum Gasteiger partial charge on any atom is 0.417 e. The summed E-state index contributed by atoms with van der Waals surface area (Å²) in [5, 5.41) is 16.9. The number of carbonyl (C=O) groups excluding carboxylic acids is 4. The summed E-state index contributed by atoms with van der Waals surface area (Å²) in [6.45, 7) is 13.5. The van der Waals surface area contributed by atoms with E-state index < -0.39 is 30.3 Å². The van der Waals surface area contributed by atoms with Gasteiger partial charge in [-0.2, -0.15) is 0 Å². The molecule has 2 heterocycles. The Hall–Kier alpha value is -4.23. The van der Waals surface area contributed by atoms with Gasteiger partial charge in [0.05, 0.1) is 31.5 Å². The summed E-state index contributed by atoms with van der Waals surface area (Å²) < 4.78 is 4.96. The van der Waals surface area contributed by atoms with E-state index in [1.165, 1.54) is 7.11 Å². The molecule has 1 aliphatic carbocycles. The SMILES string of the molecule is CCC(C)C(C(=O)NC(Cc1ccccc1)C(O)CN(CC1CCCCC1)NC(=O)N(CC(C)(C)C)C(=O)OC)N1CCN(Cc2cccc(C)n2)C1=O. The molecule has 2 aliphatic rings. The summed E-state index contributed by atoms with van der Waals surface area (Å²) in [5.74, 6) is -0.204. The highest BCUT2D eigenvalue weighted by atomic mass is 16.5. The van der Waals surface area contributed by atoms with Crippen LogP contribution in [0.4, 0.5) is 14.4 Å². The number of nitrogens with one attached hydrogen (secondary N) is 2. The van der Waals surface area contributed by atoms with Crippen LogP contribution in [0, 0.1) is 24.2 Å². The first-order valence-electron chi connectivity index (χ1n) is 19.6. The molecule has 1 aliphatic heterocycles. The molecule has 0 spiro atoms. The zero-order valence-electron chi connectivity index (χ0n) is 33.4. The fraction of sp³-hybridized carbons (Fsp3) is 0.634. The molecule has 3 N–H and O–H groups in total. The zero-order chi connectivity index (χ0) is 39.4. The minimum absolute atomic E-state index is 0.00152. The Bertz CT molecular complexity index is 1530. The maximum absolute atomic E-state index is 14.4. The number of hydrogen-bond donors (Lipinski definition) is 3. The van der Waals surface area contributed by atoms with Crippen LogP contribution in [-0.4, -0.2) is 112 Å². The topological polar surface area (TPSA) is 148 Å². The molecule has 13 heteroatoms. The molecule has 0 radical (unpaired) electrons. The normalized spacial score (nSPS) is 17.5. The number of imide groups is 1. The number of aliphatic hydroxyl groups is 1. The van der Waals surface area contributed by atoms with Crippen molar-refractivity contribution in [3.63, 3.8) is 0 Å². The van der Waals surface area contributed by atoms with E-state index in [-0.39, 0.29) is 42.3 Å². The van der Waals surface area contributed by atoms with E-state index in [1.54, 1.807) is 14.8 Å².